The first-order valence-corrected chi connectivity index (χ1v) is 12.0. The molecule has 0 spiro atoms. The topological polar surface area (TPSA) is 39.9 Å². The van der Waals surface area contributed by atoms with Crippen molar-refractivity contribution in [3.8, 4) is 22.8 Å². The number of benzene rings is 3. The van der Waals surface area contributed by atoms with E-state index in [2.05, 4.69) is 55.2 Å². The van der Waals surface area contributed by atoms with Crippen molar-refractivity contribution < 1.29 is 17.9 Å². The Hall–Kier alpha value is -3.26. The fourth-order valence-electron chi connectivity index (χ4n) is 3.59. The van der Waals surface area contributed by atoms with Gasteiger partial charge in [-0.25, -0.2) is 0 Å². The SMILES string of the molecule is COc1ccc(-c2nnc(SCc3ccc(C(C)(C)C)cc3)n2-c2cccc(C(F)(F)F)c2)cc1. The Morgan fingerprint density at radius 2 is 1.54 bits per heavy atom. The van der Waals surface area contributed by atoms with Crippen LogP contribution in [0.1, 0.15) is 37.5 Å². The van der Waals surface area contributed by atoms with Crippen LogP contribution in [0.2, 0.25) is 0 Å². The molecule has 0 aliphatic rings. The predicted octanol–water partition coefficient (Wildman–Crippen LogP) is 7.55. The first-order valence-electron chi connectivity index (χ1n) is 11.1. The van der Waals surface area contributed by atoms with Crippen LogP contribution in [0.15, 0.2) is 78.0 Å². The van der Waals surface area contributed by atoms with Crippen LogP contribution in [0.3, 0.4) is 0 Å². The van der Waals surface area contributed by atoms with E-state index in [9.17, 15) is 13.2 Å². The van der Waals surface area contributed by atoms with Gasteiger partial charge in [0.15, 0.2) is 11.0 Å². The molecule has 0 fully saturated rings. The highest BCUT2D eigenvalue weighted by atomic mass is 32.2. The first kappa shape index (κ1) is 24.9. The molecule has 0 saturated carbocycles. The number of rotatable bonds is 6. The van der Waals surface area contributed by atoms with E-state index in [4.69, 9.17) is 4.74 Å². The largest absolute Gasteiger partial charge is 0.497 e. The Labute approximate surface area is 207 Å². The smallest absolute Gasteiger partial charge is 0.416 e. The minimum Gasteiger partial charge on any atom is -0.497 e. The zero-order valence-corrected chi connectivity index (χ0v) is 20.7. The minimum atomic E-state index is -4.45. The van der Waals surface area contributed by atoms with Gasteiger partial charge in [0.25, 0.3) is 0 Å². The Morgan fingerprint density at radius 1 is 0.857 bits per heavy atom. The van der Waals surface area contributed by atoms with Crippen molar-refractivity contribution in [3.05, 3.63) is 89.5 Å². The summed E-state index contributed by atoms with van der Waals surface area (Å²) in [5.74, 6) is 1.73. The van der Waals surface area contributed by atoms with E-state index in [1.54, 1.807) is 29.9 Å². The average Bonchev–Trinajstić information content (AvgIpc) is 3.26. The monoisotopic (exact) mass is 497 g/mol. The Morgan fingerprint density at radius 3 is 2.14 bits per heavy atom. The van der Waals surface area contributed by atoms with Gasteiger partial charge in [-0.05, 0) is 59.0 Å². The molecular weight excluding hydrogens is 471 g/mol. The van der Waals surface area contributed by atoms with E-state index in [1.165, 1.54) is 23.4 Å². The van der Waals surface area contributed by atoms with Gasteiger partial charge < -0.3 is 4.74 Å². The van der Waals surface area contributed by atoms with E-state index >= 15 is 0 Å². The molecule has 0 atom stereocenters. The standard InChI is InChI=1S/C27H26F3N3OS/c1-26(2,3)20-12-8-18(9-13-20)17-35-25-32-31-24(19-10-14-23(34-4)15-11-19)33(25)22-7-5-6-21(16-22)27(28,29)30/h5-16H,17H2,1-4H3. The van der Waals surface area contributed by atoms with Crippen molar-refractivity contribution in [2.24, 2.45) is 0 Å². The summed E-state index contributed by atoms with van der Waals surface area (Å²) in [5, 5.41) is 9.19. The summed E-state index contributed by atoms with van der Waals surface area (Å²) in [6, 6.07) is 20.8. The Kier molecular flexibility index (Phi) is 6.94. The lowest BCUT2D eigenvalue weighted by atomic mass is 9.87. The van der Waals surface area contributed by atoms with Gasteiger partial charge in [-0.15, -0.1) is 10.2 Å². The second kappa shape index (κ2) is 9.77. The summed E-state index contributed by atoms with van der Waals surface area (Å²) < 4.78 is 47.2. The molecule has 4 rings (SSSR count). The molecule has 0 N–H and O–H groups in total. The number of thioether (sulfide) groups is 1. The number of aromatic nitrogens is 3. The van der Waals surface area contributed by atoms with Gasteiger partial charge in [0.1, 0.15) is 5.75 Å². The number of hydrogen-bond acceptors (Lipinski definition) is 4. The van der Waals surface area contributed by atoms with Gasteiger partial charge in [-0.3, -0.25) is 4.57 Å². The van der Waals surface area contributed by atoms with Gasteiger partial charge in [0, 0.05) is 11.3 Å². The second-order valence-electron chi connectivity index (χ2n) is 9.15. The Bertz CT molecular complexity index is 1290. The molecule has 4 nitrogen and oxygen atoms in total. The molecule has 0 bridgehead atoms. The van der Waals surface area contributed by atoms with Crippen LogP contribution in [0.5, 0.6) is 5.75 Å². The van der Waals surface area contributed by atoms with Gasteiger partial charge in [0.2, 0.25) is 0 Å². The third-order valence-corrected chi connectivity index (χ3v) is 6.60. The van der Waals surface area contributed by atoms with Crippen LogP contribution in [-0.2, 0) is 17.3 Å². The highest BCUT2D eigenvalue weighted by Gasteiger charge is 2.31. The summed E-state index contributed by atoms with van der Waals surface area (Å²) >= 11 is 1.43. The van der Waals surface area contributed by atoms with Crippen molar-refractivity contribution in [2.45, 2.75) is 43.3 Å². The lowest BCUT2D eigenvalue weighted by Crippen LogP contribution is -2.10. The molecule has 0 amide bonds. The van der Waals surface area contributed by atoms with E-state index in [0.717, 1.165) is 23.3 Å². The minimum absolute atomic E-state index is 0.0581. The van der Waals surface area contributed by atoms with E-state index < -0.39 is 11.7 Å². The lowest BCUT2D eigenvalue weighted by Gasteiger charge is -2.19. The maximum absolute atomic E-state index is 13.4. The van der Waals surface area contributed by atoms with E-state index in [1.807, 2.05) is 12.1 Å². The maximum atomic E-state index is 13.4. The molecule has 35 heavy (non-hydrogen) atoms. The molecule has 8 heteroatoms. The maximum Gasteiger partial charge on any atom is 0.416 e. The van der Waals surface area contributed by atoms with Gasteiger partial charge in [-0.2, -0.15) is 13.2 Å². The number of hydrogen-bond donors (Lipinski definition) is 0. The predicted molar refractivity (Wildman–Crippen MR) is 133 cm³/mol. The quantitative estimate of drug-likeness (QED) is 0.258. The molecule has 3 aromatic carbocycles. The summed E-state index contributed by atoms with van der Waals surface area (Å²) in [7, 11) is 1.57. The van der Waals surface area contributed by atoms with Crippen LogP contribution in [0.4, 0.5) is 13.2 Å². The fourth-order valence-corrected chi connectivity index (χ4v) is 4.50. The summed E-state index contributed by atoms with van der Waals surface area (Å²) in [6.45, 7) is 6.49. The van der Waals surface area contributed by atoms with Crippen LogP contribution >= 0.6 is 11.8 Å². The zero-order chi connectivity index (χ0) is 25.2. The van der Waals surface area contributed by atoms with Crippen molar-refractivity contribution in [3.63, 3.8) is 0 Å². The molecule has 1 heterocycles. The fraction of sp³-hybridized carbons (Fsp3) is 0.259. The van der Waals surface area contributed by atoms with E-state index in [-0.39, 0.29) is 5.41 Å². The second-order valence-corrected chi connectivity index (χ2v) is 10.1. The molecular formula is C27H26F3N3OS. The van der Waals surface area contributed by atoms with Crippen molar-refractivity contribution in [2.75, 3.05) is 7.11 Å². The molecule has 4 aromatic rings. The van der Waals surface area contributed by atoms with Crippen LogP contribution in [0, 0.1) is 0 Å². The van der Waals surface area contributed by atoms with Gasteiger partial charge in [0.05, 0.1) is 18.4 Å². The highest BCUT2D eigenvalue weighted by molar-refractivity contribution is 7.98. The summed E-state index contributed by atoms with van der Waals surface area (Å²) in [4.78, 5) is 0. The summed E-state index contributed by atoms with van der Waals surface area (Å²) in [6.07, 6.45) is -4.45. The zero-order valence-electron chi connectivity index (χ0n) is 19.9. The third kappa shape index (κ3) is 5.70. The third-order valence-electron chi connectivity index (χ3n) is 5.60. The van der Waals surface area contributed by atoms with Crippen LogP contribution in [0.25, 0.3) is 17.1 Å². The lowest BCUT2D eigenvalue weighted by molar-refractivity contribution is -0.137. The molecule has 0 unspecified atom stereocenters. The highest BCUT2D eigenvalue weighted by Crippen LogP contribution is 2.34. The van der Waals surface area contributed by atoms with Gasteiger partial charge in [-0.1, -0.05) is 62.9 Å². The molecule has 0 saturated heterocycles. The van der Waals surface area contributed by atoms with Crippen molar-refractivity contribution in [1.29, 1.82) is 0 Å². The number of nitrogens with zero attached hydrogens (tertiary/aromatic N) is 3. The molecule has 0 aliphatic heterocycles. The summed E-state index contributed by atoms with van der Waals surface area (Å²) in [5.41, 5.74) is 2.73. The molecule has 0 radical (unpaired) electrons. The molecule has 1 aromatic heterocycles. The van der Waals surface area contributed by atoms with Crippen LogP contribution < -0.4 is 4.74 Å². The molecule has 0 aliphatic carbocycles. The van der Waals surface area contributed by atoms with Crippen molar-refractivity contribution in [1.82, 2.24) is 14.8 Å². The normalized spacial score (nSPS) is 12.1. The van der Waals surface area contributed by atoms with Crippen molar-refractivity contribution >= 4 is 11.8 Å². The van der Waals surface area contributed by atoms with E-state index in [0.29, 0.717) is 28.2 Å². The molecule has 182 valence electrons. The van der Waals surface area contributed by atoms with Gasteiger partial charge >= 0.3 is 6.18 Å². The number of ether oxygens (including phenoxy) is 1. The number of alkyl halides is 3. The number of methoxy groups -OCH3 is 1. The number of halogens is 3. The first-order chi connectivity index (χ1) is 16.6. The Balaban J connectivity index is 1.71. The van der Waals surface area contributed by atoms with Crippen LogP contribution in [-0.4, -0.2) is 21.9 Å². The average molecular weight is 498 g/mol.